The van der Waals surface area contributed by atoms with E-state index in [1.165, 1.54) is 19.3 Å². The van der Waals surface area contributed by atoms with E-state index in [1.54, 1.807) is 33.4 Å². The Balaban J connectivity index is 1.64. The average molecular weight is 548 g/mol. The molecule has 1 aromatic carbocycles. The van der Waals surface area contributed by atoms with Gasteiger partial charge in [-0.05, 0) is 108 Å². The van der Waals surface area contributed by atoms with Crippen molar-refractivity contribution in [1.29, 1.82) is 0 Å². The van der Waals surface area contributed by atoms with Crippen LogP contribution in [0.4, 0.5) is 0 Å². The Kier molecular flexibility index (Phi) is 6.35. The number of nitrogens with zero attached hydrogens (tertiary/aromatic N) is 2. The van der Waals surface area contributed by atoms with Gasteiger partial charge in [-0.3, -0.25) is 4.59 Å². The molecule has 1 saturated carbocycles. The third-order valence-corrected chi connectivity index (χ3v) is 16.4. The van der Waals surface area contributed by atoms with Gasteiger partial charge < -0.3 is 0 Å². The molecule has 1 fully saturated rings. The van der Waals surface area contributed by atoms with Gasteiger partial charge in [-0.2, -0.15) is 4.67 Å². The highest BCUT2D eigenvalue weighted by Gasteiger charge is 2.58. The number of benzene rings is 1. The first-order valence-corrected chi connectivity index (χ1v) is 18.8. The highest BCUT2D eigenvalue weighted by atomic mass is 28.3. The summed E-state index contributed by atoms with van der Waals surface area (Å²) in [6, 6.07) is 5.30. The molecule has 39 heavy (non-hydrogen) atoms. The number of allylic oxidation sites excluding steroid dienone is 4. The number of rotatable bonds is 3. The van der Waals surface area contributed by atoms with Crippen molar-refractivity contribution in [3.05, 3.63) is 52.1 Å². The lowest BCUT2D eigenvalue weighted by Gasteiger charge is -2.55. The van der Waals surface area contributed by atoms with E-state index in [4.69, 9.17) is 0 Å². The molecule has 4 aliphatic carbocycles. The molecule has 3 heteroatoms. The fourth-order valence-corrected chi connectivity index (χ4v) is 16.9. The topological polar surface area (TPSA) is 3.24 Å². The summed E-state index contributed by atoms with van der Waals surface area (Å²) in [5, 5.41) is 0. The lowest BCUT2D eigenvalue weighted by molar-refractivity contribution is -0.978. The van der Waals surface area contributed by atoms with Crippen LogP contribution in [0, 0.1) is 17.8 Å². The SMILES string of the molecule is CC1CC2C=C3C(=CC2C1[Si](C)(C)N(C(C)(C)C)[N+](C)(C)C)C(C)(C)c1cc2c(cc13)C(C)(C)CCC2(C)C. The molecular formula is C36H59N2Si+. The Bertz CT molecular complexity index is 1230. The standard InChI is InChI=1S/C36H59N2Si/c1-23-18-24-19-26-27-21-30-31(35(7,8)17-16-34(30,5)6)22-29(27)36(9,10)28(26)20-25(24)32(23)39(14,15)37(33(2,3)4)38(11,12)13/h19-25,32H,16-18H2,1-15H3/q+1. The Labute approximate surface area is 242 Å². The molecule has 0 heterocycles. The fraction of sp³-hybridized carbons (Fsp3) is 0.722. The smallest absolute Gasteiger partial charge is 0.191 e. The summed E-state index contributed by atoms with van der Waals surface area (Å²) < 4.78 is 3.82. The molecule has 1 aromatic rings. The number of hydrogen-bond acceptors (Lipinski definition) is 1. The van der Waals surface area contributed by atoms with Gasteiger partial charge in [0.1, 0.15) is 0 Å². The van der Waals surface area contributed by atoms with Gasteiger partial charge in [0.05, 0.1) is 26.7 Å². The van der Waals surface area contributed by atoms with Crippen LogP contribution in [0.3, 0.4) is 0 Å². The highest BCUT2D eigenvalue weighted by molar-refractivity contribution is 6.76. The first-order chi connectivity index (χ1) is 17.5. The van der Waals surface area contributed by atoms with Crippen LogP contribution in [0.1, 0.15) is 111 Å². The van der Waals surface area contributed by atoms with Crippen molar-refractivity contribution in [2.45, 2.75) is 129 Å². The predicted octanol–water partition coefficient (Wildman–Crippen LogP) is 9.22. The van der Waals surface area contributed by atoms with Crippen molar-refractivity contribution in [2.75, 3.05) is 21.1 Å². The molecule has 0 spiro atoms. The second-order valence-corrected chi connectivity index (χ2v) is 22.5. The largest absolute Gasteiger partial charge is 0.257 e. The summed E-state index contributed by atoms with van der Waals surface area (Å²) in [6.45, 7) is 30.1. The molecule has 5 rings (SSSR count). The first kappa shape index (κ1) is 29.3. The molecule has 2 nitrogen and oxygen atoms in total. The van der Waals surface area contributed by atoms with Crippen LogP contribution in [-0.4, -0.2) is 44.2 Å². The highest BCUT2D eigenvalue weighted by Crippen LogP contribution is 2.62. The maximum atomic E-state index is 2.91. The fourth-order valence-electron chi connectivity index (χ4n) is 10.5. The molecule has 0 aromatic heterocycles. The van der Waals surface area contributed by atoms with Crippen molar-refractivity contribution in [2.24, 2.45) is 17.8 Å². The Morgan fingerprint density at radius 2 is 1.38 bits per heavy atom. The summed E-state index contributed by atoms with van der Waals surface area (Å²) in [5.41, 5.74) is 11.0. The van der Waals surface area contributed by atoms with Gasteiger partial charge in [-0.1, -0.05) is 85.8 Å². The van der Waals surface area contributed by atoms with E-state index in [0.29, 0.717) is 11.8 Å². The van der Waals surface area contributed by atoms with E-state index in [2.05, 4.69) is 132 Å². The molecular weight excluding hydrogens is 488 g/mol. The van der Waals surface area contributed by atoms with E-state index in [-0.39, 0.29) is 21.8 Å². The monoisotopic (exact) mass is 547 g/mol. The lowest BCUT2D eigenvalue weighted by atomic mass is 9.62. The minimum Gasteiger partial charge on any atom is -0.257 e. The molecule has 0 amide bonds. The Morgan fingerprint density at radius 1 is 0.846 bits per heavy atom. The quantitative estimate of drug-likeness (QED) is 0.207. The first-order valence-electron chi connectivity index (χ1n) is 15.8. The summed E-state index contributed by atoms with van der Waals surface area (Å²) in [4.78, 5) is 0. The number of quaternary nitrogens is 1. The van der Waals surface area contributed by atoms with Gasteiger partial charge >= 0.3 is 0 Å². The zero-order valence-corrected chi connectivity index (χ0v) is 29.1. The molecule has 4 atom stereocenters. The van der Waals surface area contributed by atoms with E-state index in [0.717, 1.165) is 16.1 Å². The van der Waals surface area contributed by atoms with Crippen LogP contribution in [0.15, 0.2) is 29.9 Å². The minimum atomic E-state index is -1.84. The van der Waals surface area contributed by atoms with Crippen LogP contribution in [0.5, 0.6) is 0 Å². The molecule has 4 unspecified atom stereocenters. The molecule has 0 bridgehead atoms. The number of fused-ring (bicyclic) bond motifs is 5. The van der Waals surface area contributed by atoms with Crippen LogP contribution in [0.2, 0.25) is 18.6 Å². The van der Waals surface area contributed by atoms with Gasteiger partial charge in [0, 0.05) is 5.41 Å². The van der Waals surface area contributed by atoms with Crippen LogP contribution < -0.4 is 0 Å². The minimum absolute atomic E-state index is 0.0602. The molecule has 0 saturated heterocycles. The van der Waals surface area contributed by atoms with Gasteiger partial charge in [0.15, 0.2) is 8.24 Å². The van der Waals surface area contributed by atoms with E-state index in [1.807, 2.05) is 0 Å². The predicted molar refractivity (Wildman–Crippen MR) is 172 cm³/mol. The van der Waals surface area contributed by atoms with Crippen LogP contribution in [-0.2, 0) is 16.2 Å². The zero-order valence-electron chi connectivity index (χ0n) is 28.1. The summed E-state index contributed by atoms with van der Waals surface area (Å²) >= 11 is 0. The summed E-state index contributed by atoms with van der Waals surface area (Å²) in [7, 11) is 5.31. The molecule has 0 radical (unpaired) electrons. The molecule has 0 N–H and O–H groups in total. The van der Waals surface area contributed by atoms with Crippen LogP contribution in [0.25, 0.3) is 5.57 Å². The zero-order chi connectivity index (χ0) is 29.3. The third kappa shape index (κ3) is 4.31. The van der Waals surface area contributed by atoms with E-state index >= 15 is 0 Å². The Morgan fingerprint density at radius 3 is 1.90 bits per heavy atom. The summed E-state index contributed by atoms with van der Waals surface area (Å²) in [6.07, 6.45) is 9.45. The molecule has 0 aliphatic heterocycles. The van der Waals surface area contributed by atoms with Crippen molar-refractivity contribution in [3.8, 4) is 0 Å². The maximum absolute atomic E-state index is 2.91. The molecule has 4 aliphatic rings. The molecule has 216 valence electrons. The lowest BCUT2D eigenvalue weighted by Crippen LogP contribution is -2.72. The normalized spacial score (nSPS) is 30.8. The maximum Gasteiger partial charge on any atom is 0.191 e. The van der Waals surface area contributed by atoms with Gasteiger partial charge in [-0.15, -0.1) is 0 Å². The summed E-state index contributed by atoms with van der Waals surface area (Å²) in [5.74, 6) is 2.05. The van der Waals surface area contributed by atoms with Crippen molar-refractivity contribution < 1.29 is 4.59 Å². The van der Waals surface area contributed by atoms with Gasteiger partial charge in [-0.25, -0.2) is 0 Å². The van der Waals surface area contributed by atoms with Crippen LogP contribution >= 0.6 is 0 Å². The van der Waals surface area contributed by atoms with E-state index < -0.39 is 8.24 Å². The number of hydrogen-bond donors (Lipinski definition) is 0. The van der Waals surface area contributed by atoms with Crippen molar-refractivity contribution in [1.82, 2.24) is 4.67 Å². The van der Waals surface area contributed by atoms with E-state index in [9.17, 15) is 0 Å². The van der Waals surface area contributed by atoms with Crippen molar-refractivity contribution in [3.63, 3.8) is 0 Å². The second kappa shape index (κ2) is 8.45. The van der Waals surface area contributed by atoms with Gasteiger partial charge in [0.2, 0.25) is 0 Å². The average Bonchev–Trinajstić information content (AvgIpc) is 3.18. The third-order valence-electron chi connectivity index (χ3n) is 11.4. The Hall–Kier alpha value is -1.16. The van der Waals surface area contributed by atoms with Crippen molar-refractivity contribution >= 4 is 13.8 Å². The van der Waals surface area contributed by atoms with Gasteiger partial charge in [0.25, 0.3) is 0 Å². The second-order valence-electron chi connectivity index (χ2n) is 18.1.